The van der Waals surface area contributed by atoms with Gasteiger partial charge in [-0.1, -0.05) is 6.07 Å². The van der Waals surface area contributed by atoms with Gasteiger partial charge in [-0.25, -0.2) is 4.39 Å². The Bertz CT molecular complexity index is 349. The van der Waals surface area contributed by atoms with Crippen LogP contribution in [0, 0.1) is 5.82 Å². The third-order valence-corrected chi connectivity index (χ3v) is 2.52. The summed E-state index contributed by atoms with van der Waals surface area (Å²) in [7, 11) is 0. The van der Waals surface area contributed by atoms with Crippen molar-refractivity contribution in [2.45, 2.75) is 25.8 Å². The molecule has 14 heavy (non-hydrogen) atoms. The summed E-state index contributed by atoms with van der Waals surface area (Å²) in [4.78, 5) is 0. The second kappa shape index (κ2) is 3.58. The van der Waals surface area contributed by atoms with E-state index in [0.717, 1.165) is 18.4 Å². The van der Waals surface area contributed by atoms with Gasteiger partial charge >= 0.3 is 0 Å². The minimum atomic E-state index is -0.317. The van der Waals surface area contributed by atoms with Gasteiger partial charge in [0.25, 0.3) is 0 Å². The van der Waals surface area contributed by atoms with Gasteiger partial charge in [-0.15, -0.1) is 0 Å². The van der Waals surface area contributed by atoms with Gasteiger partial charge in [0.15, 0.2) is 0 Å². The SMILES string of the molecule is C[C@@H](N)c1c(F)ccc2c1OCCC2. The molecule has 0 amide bonds. The van der Waals surface area contributed by atoms with Gasteiger partial charge in [0.1, 0.15) is 11.6 Å². The standard InChI is InChI=1S/C11H14FNO/c1-7(13)10-9(12)5-4-8-3-2-6-14-11(8)10/h4-5,7H,2-3,6,13H2,1H3/t7-/m1/s1. The van der Waals surface area contributed by atoms with E-state index in [1.54, 1.807) is 13.0 Å². The van der Waals surface area contributed by atoms with E-state index in [1.807, 2.05) is 0 Å². The normalized spacial score (nSPS) is 17.1. The van der Waals surface area contributed by atoms with Crippen molar-refractivity contribution in [3.63, 3.8) is 0 Å². The van der Waals surface area contributed by atoms with Gasteiger partial charge in [0, 0.05) is 11.6 Å². The van der Waals surface area contributed by atoms with Gasteiger partial charge in [-0.05, 0) is 31.4 Å². The zero-order chi connectivity index (χ0) is 10.1. The summed E-state index contributed by atoms with van der Waals surface area (Å²) in [5.41, 5.74) is 7.31. The van der Waals surface area contributed by atoms with E-state index in [-0.39, 0.29) is 11.9 Å². The average Bonchev–Trinajstić information content (AvgIpc) is 2.17. The lowest BCUT2D eigenvalue weighted by Crippen LogP contribution is -2.16. The highest BCUT2D eigenvalue weighted by molar-refractivity contribution is 5.45. The Labute approximate surface area is 82.9 Å². The van der Waals surface area contributed by atoms with Crippen molar-refractivity contribution >= 4 is 0 Å². The molecule has 1 atom stereocenters. The van der Waals surface area contributed by atoms with E-state index >= 15 is 0 Å². The minimum Gasteiger partial charge on any atom is -0.493 e. The summed E-state index contributed by atoms with van der Waals surface area (Å²) in [5.74, 6) is 0.409. The lowest BCUT2D eigenvalue weighted by atomic mass is 9.98. The molecule has 0 saturated carbocycles. The summed E-state index contributed by atoms with van der Waals surface area (Å²) in [6, 6.07) is 2.95. The molecule has 76 valence electrons. The van der Waals surface area contributed by atoms with Crippen LogP contribution in [0.15, 0.2) is 12.1 Å². The van der Waals surface area contributed by atoms with Crippen molar-refractivity contribution in [3.05, 3.63) is 29.1 Å². The van der Waals surface area contributed by atoms with E-state index in [2.05, 4.69) is 0 Å². The van der Waals surface area contributed by atoms with Gasteiger partial charge in [-0.2, -0.15) is 0 Å². The predicted molar refractivity (Wildman–Crippen MR) is 52.8 cm³/mol. The predicted octanol–water partition coefficient (Wildman–Crippen LogP) is 2.17. The number of hydrogen-bond donors (Lipinski definition) is 1. The van der Waals surface area contributed by atoms with Crippen LogP contribution in [-0.2, 0) is 6.42 Å². The van der Waals surface area contributed by atoms with Crippen molar-refractivity contribution in [2.75, 3.05) is 6.61 Å². The molecule has 0 bridgehead atoms. The Morgan fingerprint density at radius 1 is 1.50 bits per heavy atom. The molecule has 2 rings (SSSR count). The summed E-state index contributed by atoms with van der Waals surface area (Å²) >= 11 is 0. The monoisotopic (exact) mass is 195 g/mol. The summed E-state index contributed by atoms with van der Waals surface area (Å²) in [5, 5.41) is 0. The van der Waals surface area contributed by atoms with Gasteiger partial charge in [-0.3, -0.25) is 0 Å². The van der Waals surface area contributed by atoms with Crippen LogP contribution >= 0.6 is 0 Å². The summed E-state index contributed by atoms with van der Waals surface area (Å²) in [6.07, 6.45) is 1.95. The smallest absolute Gasteiger partial charge is 0.131 e. The topological polar surface area (TPSA) is 35.2 Å². The molecule has 3 heteroatoms. The Morgan fingerprint density at radius 3 is 3.00 bits per heavy atom. The van der Waals surface area contributed by atoms with Crippen LogP contribution in [0.2, 0.25) is 0 Å². The Morgan fingerprint density at radius 2 is 2.29 bits per heavy atom. The van der Waals surface area contributed by atoms with Crippen molar-refractivity contribution in [1.29, 1.82) is 0 Å². The number of halogens is 1. The first-order chi connectivity index (χ1) is 6.70. The van der Waals surface area contributed by atoms with E-state index in [9.17, 15) is 4.39 Å². The fourth-order valence-electron chi connectivity index (χ4n) is 1.85. The third kappa shape index (κ3) is 1.48. The number of rotatable bonds is 1. The van der Waals surface area contributed by atoms with Crippen LogP contribution in [0.5, 0.6) is 5.75 Å². The summed E-state index contributed by atoms with van der Waals surface area (Å²) < 4.78 is 18.9. The van der Waals surface area contributed by atoms with Crippen LogP contribution in [0.25, 0.3) is 0 Å². The lowest BCUT2D eigenvalue weighted by Gasteiger charge is -2.22. The van der Waals surface area contributed by atoms with Crippen LogP contribution in [-0.4, -0.2) is 6.61 Å². The number of benzene rings is 1. The van der Waals surface area contributed by atoms with E-state index in [0.29, 0.717) is 17.9 Å². The first-order valence-corrected chi connectivity index (χ1v) is 4.90. The van der Waals surface area contributed by atoms with E-state index in [1.165, 1.54) is 6.07 Å². The highest BCUT2D eigenvalue weighted by atomic mass is 19.1. The van der Waals surface area contributed by atoms with Gasteiger partial charge in [0.2, 0.25) is 0 Å². The molecule has 0 spiro atoms. The molecule has 1 aromatic rings. The number of nitrogens with two attached hydrogens (primary N) is 1. The molecule has 0 radical (unpaired) electrons. The molecular formula is C11H14FNO. The summed E-state index contributed by atoms with van der Waals surface area (Å²) in [6.45, 7) is 2.44. The second-order valence-corrected chi connectivity index (χ2v) is 3.69. The average molecular weight is 195 g/mol. The quantitative estimate of drug-likeness (QED) is 0.745. The molecule has 0 unspecified atom stereocenters. The third-order valence-electron chi connectivity index (χ3n) is 2.52. The molecule has 2 N–H and O–H groups in total. The zero-order valence-corrected chi connectivity index (χ0v) is 8.22. The maximum Gasteiger partial charge on any atom is 0.131 e. The fraction of sp³-hybridized carbons (Fsp3) is 0.455. The largest absolute Gasteiger partial charge is 0.493 e. The van der Waals surface area contributed by atoms with Crippen LogP contribution in [0.3, 0.4) is 0 Å². The molecule has 1 aromatic carbocycles. The molecule has 0 aromatic heterocycles. The van der Waals surface area contributed by atoms with Crippen molar-refractivity contribution in [3.8, 4) is 5.75 Å². The molecule has 0 saturated heterocycles. The number of ether oxygens (including phenoxy) is 1. The zero-order valence-electron chi connectivity index (χ0n) is 8.22. The van der Waals surface area contributed by atoms with Crippen LogP contribution in [0.4, 0.5) is 4.39 Å². The Hall–Kier alpha value is -1.09. The maximum atomic E-state index is 13.5. The molecule has 1 aliphatic rings. The lowest BCUT2D eigenvalue weighted by molar-refractivity contribution is 0.281. The molecule has 1 heterocycles. The molecule has 1 aliphatic heterocycles. The second-order valence-electron chi connectivity index (χ2n) is 3.69. The number of hydrogen-bond acceptors (Lipinski definition) is 2. The van der Waals surface area contributed by atoms with Crippen LogP contribution < -0.4 is 10.5 Å². The maximum absolute atomic E-state index is 13.5. The Kier molecular flexibility index (Phi) is 2.42. The minimum absolute atomic E-state index is 0.263. The van der Waals surface area contributed by atoms with E-state index < -0.39 is 0 Å². The molecular weight excluding hydrogens is 181 g/mol. The highest BCUT2D eigenvalue weighted by Crippen LogP contribution is 2.33. The Balaban J connectivity index is 2.55. The number of fused-ring (bicyclic) bond motifs is 1. The molecule has 0 fully saturated rings. The van der Waals surface area contributed by atoms with E-state index in [4.69, 9.17) is 10.5 Å². The molecule has 0 aliphatic carbocycles. The highest BCUT2D eigenvalue weighted by Gasteiger charge is 2.20. The molecule has 2 nitrogen and oxygen atoms in total. The fourth-order valence-corrected chi connectivity index (χ4v) is 1.85. The number of aryl methyl sites for hydroxylation is 1. The first-order valence-electron chi connectivity index (χ1n) is 4.90. The van der Waals surface area contributed by atoms with Crippen LogP contribution in [0.1, 0.15) is 30.5 Å². The van der Waals surface area contributed by atoms with Crippen molar-refractivity contribution in [2.24, 2.45) is 5.73 Å². The van der Waals surface area contributed by atoms with Gasteiger partial charge < -0.3 is 10.5 Å². The van der Waals surface area contributed by atoms with Crippen molar-refractivity contribution in [1.82, 2.24) is 0 Å². The first kappa shape index (κ1) is 9.46. The van der Waals surface area contributed by atoms with Crippen molar-refractivity contribution < 1.29 is 9.13 Å². The van der Waals surface area contributed by atoms with Gasteiger partial charge in [0.05, 0.1) is 6.61 Å².